The number of fused-ring (bicyclic) bond motifs is 1. The lowest BCUT2D eigenvalue weighted by molar-refractivity contribution is 0.0383. The molecule has 1 aliphatic heterocycles. The van der Waals surface area contributed by atoms with Crippen LogP contribution in [0.1, 0.15) is 16.2 Å². The van der Waals surface area contributed by atoms with Crippen LogP contribution in [-0.4, -0.2) is 60.2 Å². The van der Waals surface area contributed by atoms with E-state index < -0.39 is 0 Å². The number of aromatic nitrogens is 2. The Bertz CT molecular complexity index is 632. The molecule has 1 amide bonds. The molecule has 21 heavy (non-hydrogen) atoms. The van der Waals surface area contributed by atoms with Crippen molar-refractivity contribution in [2.45, 2.75) is 6.92 Å². The monoisotopic (exact) mass is 288 g/mol. The van der Waals surface area contributed by atoms with Gasteiger partial charge in [0.1, 0.15) is 11.3 Å². The average Bonchev–Trinajstić information content (AvgIpc) is 2.88. The molecule has 0 bridgehead atoms. The Hall–Kier alpha value is -1.92. The van der Waals surface area contributed by atoms with Crippen LogP contribution in [0.4, 0.5) is 0 Å². The first-order valence-electron chi connectivity index (χ1n) is 7.27. The third kappa shape index (κ3) is 3.22. The minimum atomic E-state index is -0.0691. The van der Waals surface area contributed by atoms with E-state index in [0.717, 1.165) is 49.7 Å². The highest BCUT2D eigenvalue weighted by Crippen LogP contribution is 2.16. The number of aromatic amines is 1. The number of para-hydroxylation sites is 1. The molecule has 0 spiro atoms. The summed E-state index contributed by atoms with van der Waals surface area (Å²) in [6.45, 7) is 6.80. The maximum atomic E-state index is 12.3. The largest absolute Gasteiger partial charge is 0.379 e. The molecule has 112 valence electrons. The third-order valence-electron chi connectivity index (χ3n) is 3.69. The standard InChI is InChI=1S/C15H20N4O2/c1-11-17-13-4-2-3-12(14(13)18-11)15(20)16-5-6-19-7-9-21-10-8-19/h2-4H,5-10H2,1H3,(H,16,20)(H,17,18). The Labute approximate surface area is 123 Å². The number of amides is 1. The molecule has 3 rings (SSSR count). The molecular weight excluding hydrogens is 268 g/mol. The van der Waals surface area contributed by atoms with Crippen molar-refractivity contribution in [3.63, 3.8) is 0 Å². The van der Waals surface area contributed by atoms with Crippen LogP contribution in [0.2, 0.25) is 0 Å². The number of hydrogen-bond acceptors (Lipinski definition) is 4. The summed E-state index contributed by atoms with van der Waals surface area (Å²) in [5.74, 6) is 0.749. The summed E-state index contributed by atoms with van der Waals surface area (Å²) in [5, 5.41) is 2.97. The summed E-state index contributed by atoms with van der Waals surface area (Å²) in [4.78, 5) is 22.1. The average molecular weight is 288 g/mol. The van der Waals surface area contributed by atoms with Gasteiger partial charge in [-0.2, -0.15) is 0 Å². The third-order valence-corrected chi connectivity index (χ3v) is 3.69. The van der Waals surface area contributed by atoms with Gasteiger partial charge < -0.3 is 15.0 Å². The highest BCUT2D eigenvalue weighted by molar-refractivity contribution is 6.04. The van der Waals surface area contributed by atoms with Crippen LogP contribution in [0, 0.1) is 6.92 Å². The van der Waals surface area contributed by atoms with E-state index in [1.54, 1.807) is 0 Å². The number of ether oxygens (including phenoxy) is 1. The molecule has 0 unspecified atom stereocenters. The van der Waals surface area contributed by atoms with Gasteiger partial charge in [0.15, 0.2) is 0 Å². The lowest BCUT2D eigenvalue weighted by Gasteiger charge is -2.26. The zero-order valence-electron chi connectivity index (χ0n) is 12.2. The zero-order chi connectivity index (χ0) is 14.7. The summed E-state index contributed by atoms with van der Waals surface area (Å²) in [5.41, 5.74) is 2.26. The first-order valence-corrected chi connectivity index (χ1v) is 7.27. The molecule has 6 nitrogen and oxygen atoms in total. The Morgan fingerprint density at radius 1 is 1.43 bits per heavy atom. The molecule has 0 atom stereocenters. The van der Waals surface area contributed by atoms with E-state index in [1.807, 2.05) is 25.1 Å². The molecule has 2 N–H and O–H groups in total. The zero-order valence-corrected chi connectivity index (χ0v) is 12.2. The molecule has 1 aliphatic rings. The van der Waals surface area contributed by atoms with Gasteiger partial charge in [0, 0.05) is 26.2 Å². The number of nitrogens with one attached hydrogen (secondary N) is 2. The van der Waals surface area contributed by atoms with Crippen LogP contribution in [0.25, 0.3) is 11.0 Å². The summed E-state index contributed by atoms with van der Waals surface area (Å²) >= 11 is 0. The van der Waals surface area contributed by atoms with Crippen LogP contribution >= 0.6 is 0 Å². The number of carbonyl (C=O) groups excluding carboxylic acids is 1. The maximum absolute atomic E-state index is 12.3. The van der Waals surface area contributed by atoms with Gasteiger partial charge in [-0.1, -0.05) is 6.07 Å². The quantitative estimate of drug-likeness (QED) is 0.878. The highest BCUT2D eigenvalue weighted by Gasteiger charge is 2.14. The first-order chi connectivity index (χ1) is 10.2. The number of morpholine rings is 1. The first kappa shape index (κ1) is 14.0. The summed E-state index contributed by atoms with van der Waals surface area (Å²) in [7, 11) is 0. The number of imidazole rings is 1. The fraction of sp³-hybridized carbons (Fsp3) is 0.467. The predicted molar refractivity (Wildman–Crippen MR) is 80.4 cm³/mol. The van der Waals surface area contributed by atoms with E-state index in [2.05, 4.69) is 20.2 Å². The fourth-order valence-electron chi connectivity index (χ4n) is 2.59. The fourth-order valence-corrected chi connectivity index (χ4v) is 2.59. The lowest BCUT2D eigenvalue weighted by atomic mass is 10.1. The second kappa shape index (κ2) is 6.24. The normalized spacial score (nSPS) is 16.2. The summed E-state index contributed by atoms with van der Waals surface area (Å²) in [6, 6.07) is 5.61. The molecule has 2 aromatic rings. The molecular formula is C15H20N4O2. The highest BCUT2D eigenvalue weighted by atomic mass is 16.5. The molecule has 2 heterocycles. The van der Waals surface area contributed by atoms with Crippen LogP contribution in [-0.2, 0) is 4.74 Å². The van der Waals surface area contributed by atoms with Crippen molar-refractivity contribution in [3.05, 3.63) is 29.6 Å². The van der Waals surface area contributed by atoms with Gasteiger partial charge in [-0.15, -0.1) is 0 Å². The van der Waals surface area contributed by atoms with E-state index in [0.29, 0.717) is 12.1 Å². The number of rotatable bonds is 4. The minimum Gasteiger partial charge on any atom is -0.379 e. The summed E-state index contributed by atoms with van der Waals surface area (Å²) < 4.78 is 5.31. The Kier molecular flexibility index (Phi) is 4.17. The van der Waals surface area contributed by atoms with Gasteiger partial charge in [-0.25, -0.2) is 4.98 Å². The maximum Gasteiger partial charge on any atom is 0.253 e. The van der Waals surface area contributed by atoms with Crippen LogP contribution in [0.5, 0.6) is 0 Å². The van der Waals surface area contributed by atoms with Gasteiger partial charge in [0.2, 0.25) is 0 Å². The number of H-pyrrole nitrogens is 1. The molecule has 1 saturated heterocycles. The van der Waals surface area contributed by atoms with E-state index in [4.69, 9.17) is 4.74 Å². The summed E-state index contributed by atoms with van der Waals surface area (Å²) in [6.07, 6.45) is 0. The number of benzene rings is 1. The predicted octanol–water partition coefficient (Wildman–Crippen LogP) is 0.933. The lowest BCUT2D eigenvalue weighted by Crippen LogP contribution is -2.41. The Balaban J connectivity index is 1.61. The Morgan fingerprint density at radius 3 is 3.05 bits per heavy atom. The van der Waals surface area contributed by atoms with Crippen LogP contribution in [0.15, 0.2) is 18.2 Å². The number of nitrogens with zero attached hydrogens (tertiary/aromatic N) is 2. The topological polar surface area (TPSA) is 70.2 Å². The van der Waals surface area contributed by atoms with Crippen molar-refractivity contribution < 1.29 is 9.53 Å². The molecule has 0 aliphatic carbocycles. The van der Waals surface area contributed by atoms with E-state index in [-0.39, 0.29) is 5.91 Å². The van der Waals surface area contributed by atoms with Crippen molar-refractivity contribution in [1.82, 2.24) is 20.2 Å². The smallest absolute Gasteiger partial charge is 0.253 e. The SMILES string of the molecule is Cc1nc2c(C(=O)NCCN3CCOCC3)cccc2[nH]1. The van der Waals surface area contributed by atoms with Gasteiger partial charge in [-0.05, 0) is 19.1 Å². The molecule has 0 saturated carbocycles. The van der Waals surface area contributed by atoms with Crippen molar-refractivity contribution in [1.29, 1.82) is 0 Å². The minimum absolute atomic E-state index is 0.0691. The molecule has 1 aromatic heterocycles. The van der Waals surface area contributed by atoms with Crippen molar-refractivity contribution >= 4 is 16.9 Å². The van der Waals surface area contributed by atoms with Crippen molar-refractivity contribution in [2.75, 3.05) is 39.4 Å². The van der Waals surface area contributed by atoms with Gasteiger partial charge >= 0.3 is 0 Å². The Morgan fingerprint density at radius 2 is 2.24 bits per heavy atom. The number of carbonyl (C=O) groups is 1. The van der Waals surface area contributed by atoms with Crippen LogP contribution < -0.4 is 5.32 Å². The number of aryl methyl sites for hydroxylation is 1. The van der Waals surface area contributed by atoms with Crippen molar-refractivity contribution in [2.24, 2.45) is 0 Å². The van der Waals surface area contributed by atoms with E-state index in [1.165, 1.54) is 0 Å². The molecule has 0 radical (unpaired) electrons. The van der Waals surface area contributed by atoms with Gasteiger partial charge in [0.25, 0.3) is 5.91 Å². The molecule has 6 heteroatoms. The molecule has 1 fully saturated rings. The van der Waals surface area contributed by atoms with Crippen molar-refractivity contribution in [3.8, 4) is 0 Å². The second-order valence-corrected chi connectivity index (χ2v) is 5.23. The van der Waals surface area contributed by atoms with Crippen LogP contribution in [0.3, 0.4) is 0 Å². The molecule has 1 aromatic carbocycles. The van der Waals surface area contributed by atoms with E-state index >= 15 is 0 Å². The van der Waals surface area contributed by atoms with Gasteiger partial charge in [-0.3, -0.25) is 9.69 Å². The van der Waals surface area contributed by atoms with Gasteiger partial charge in [0.05, 0.1) is 24.3 Å². The second-order valence-electron chi connectivity index (χ2n) is 5.23. The van der Waals surface area contributed by atoms with E-state index in [9.17, 15) is 4.79 Å². The number of hydrogen-bond donors (Lipinski definition) is 2.